The molecule has 64 valence electrons. The molecular weight excluding hydrogens is 140 g/mol. The maximum Gasteiger partial charge on any atom is 0.123 e. The van der Waals surface area contributed by atoms with Crippen molar-refractivity contribution in [2.24, 2.45) is 0 Å². The number of carbonyl (C=O) groups excluding carboxylic acids is 1. The molecule has 11 heavy (non-hydrogen) atoms. The Bertz CT molecular complexity index is 128. The number of hydrogen-bond donors (Lipinski definition) is 1. The smallest absolute Gasteiger partial charge is 0.123 e. The summed E-state index contributed by atoms with van der Waals surface area (Å²) in [5, 5.41) is 9.11. The normalized spacial score (nSPS) is 11.5. The summed E-state index contributed by atoms with van der Waals surface area (Å²) in [7, 11) is 0. The van der Waals surface area contributed by atoms with Gasteiger partial charge in [-0.05, 0) is 12.5 Å². The van der Waals surface area contributed by atoms with E-state index in [9.17, 15) is 4.79 Å². The van der Waals surface area contributed by atoms with Crippen molar-refractivity contribution in [2.75, 3.05) is 0 Å². The Morgan fingerprint density at radius 2 is 2.18 bits per heavy atom. The minimum Gasteiger partial charge on any atom is -0.513 e. The molecule has 0 saturated carbocycles. The molecule has 1 N–H and O–H groups in total. The standard InChI is InChI=1S/C9H16O2/c1-2-3-4-6-9(11)7-5-8-10/h7-8,11H,2-6H2,1H3. The fraction of sp³-hybridized carbons (Fsp3) is 0.667. The molecule has 2 heteroatoms. The Morgan fingerprint density at radius 1 is 1.45 bits per heavy atom. The van der Waals surface area contributed by atoms with Gasteiger partial charge in [-0.1, -0.05) is 19.8 Å². The average Bonchev–Trinajstić information content (AvgIpc) is 2.01. The van der Waals surface area contributed by atoms with Crippen LogP contribution in [0.25, 0.3) is 0 Å². The largest absolute Gasteiger partial charge is 0.513 e. The first-order valence-electron chi connectivity index (χ1n) is 4.13. The van der Waals surface area contributed by atoms with Gasteiger partial charge in [0.05, 0.1) is 5.76 Å². The summed E-state index contributed by atoms with van der Waals surface area (Å²) in [4.78, 5) is 9.88. The summed E-state index contributed by atoms with van der Waals surface area (Å²) in [6.45, 7) is 2.12. The van der Waals surface area contributed by atoms with Gasteiger partial charge in [0.2, 0.25) is 0 Å². The van der Waals surface area contributed by atoms with Gasteiger partial charge in [0.1, 0.15) is 6.29 Å². The van der Waals surface area contributed by atoms with Crippen LogP contribution in [0.1, 0.15) is 39.0 Å². The molecule has 0 aliphatic heterocycles. The number of aliphatic hydroxyl groups is 1. The molecule has 0 spiro atoms. The van der Waals surface area contributed by atoms with Crippen LogP contribution >= 0.6 is 0 Å². The lowest BCUT2D eigenvalue weighted by atomic mass is 10.2. The molecule has 0 aliphatic carbocycles. The van der Waals surface area contributed by atoms with Crippen LogP contribution < -0.4 is 0 Å². The van der Waals surface area contributed by atoms with E-state index in [-0.39, 0.29) is 0 Å². The molecule has 0 saturated heterocycles. The quantitative estimate of drug-likeness (QED) is 0.364. The predicted molar refractivity (Wildman–Crippen MR) is 45.5 cm³/mol. The lowest BCUT2D eigenvalue weighted by Crippen LogP contribution is -1.82. The first kappa shape index (κ1) is 10.2. The maximum atomic E-state index is 9.88. The third-order valence-electron chi connectivity index (χ3n) is 1.49. The fourth-order valence-corrected chi connectivity index (χ4v) is 0.842. The van der Waals surface area contributed by atoms with Crippen LogP contribution in [-0.4, -0.2) is 11.4 Å². The molecule has 0 atom stereocenters. The highest BCUT2D eigenvalue weighted by Crippen LogP contribution is 2.05. The number of aliphatic hydroxyl groups excluding tert-OH is 1. The Kier molecular flexibility index (Phi) is 6.79. The molecule has 0 aromatic rings. The summed E-state index contributed by atoms with van der Waals surface area (Å²) in [6, 6.07) is 0. The zero-order valence-corrected chi connectivity index (χ0v) is 7.05. The van der Waals surface area contributed by atoms with Gasteiger partial charge in [-0.2, -0.15) is 0 Å². The molecule has 0 fully saturated rings. The topological polar surface area (TPSA) is 37.3 Å². The van der Waals surface area contributed by atoms with Gasteiger partial charge in [0.15, 0.2) is 0 Å². The Morgan fingerprint density at radius 3 is 2.73 bits per heavy atom. The third kappa shape index (κ3) is 7.10. The highest BCUT2D eigenvalue weighted by Gasteiger charge is 1.91. The molecule has 0 aromatic heterocycles. The monoisotopic (exact) mass is 156 g/mol. The van der Waals surface area contributed by atoms with Crippen molar-refractivity contribution in [3.63, 3.8) is 0 Å². The zero-order valence-electron chi connectivity index (χ0n) is 7.05. The first-order valence-corrected chi connectivity index (χ1v) is 4.13. The summed E-state index contributed by atoms with van der Waals surface area (Å²) in [5.74, 6) is 0.352. The molecule has 0 amide bonds. The summed E-state index contributed by atoms with van der Waals surface area (Å²) in [5.41, 5.74) is 0. The van der Waals surface area contributed by atoms with Crippen molar-refractivity contribution < 1.29 is 9.90 Å². The first-order chi connectivity index (χ1) is 5.31. The molecule has 0 unspecified atom stereocenters. The lowest BCUT2D eigenvalue weighted by molar-refractivity contribution is -0.107. The van der Waals surface area contributed by atoms with E-state index in [4.69, 9.17) is 5.11 Å². The molecule has 0 aliphatic rings. The van der Waals surface area contributed by atoms with E-state index in [1.54, 1.807) is 6.08 Å². The zero-order chi connectivity index (χ0) is 8.53. The molecular formula is C9H16O2. The maximum absolute atomic E-state index is 9.88. The Balaban J connectivity index is 3.34. The highest BCUT2D eigenvalue weighted by molar-refractivity contribution is 5.51. The molecule has 0 bridgehead atoms. The van der Waals surface area contributed by atoms with Crippen LogP contribution in [0.4, 0.5) is 0 Å². The minimum atomic E-state index is 0.331. The van der Waals surface area contributed by atoms with Gasteiger partial charge in [-0.25, -0.2) is 0 Å². The van der Waals surface area contributed by atoms with E-state index in [0.717, 1.165) is 25.5 Å². The van der Waals surface area contributed by atoms with Gasteiger partial charge in [-0.15, -0.1) is 0 Å². The van der Waals surface area contributed by atoms with Crippen LogP contribution in [0, 0.1) is 0 Å². The summed E-state index contributed by atoms with van der Waals surface area (Å²) in [6.07, 6.45) is 6.70. The van der Waals surface area contributed by atoms with Gasteiger partial charge >= 0.3 is 0 Å². The molecule has 2 nitrogen and oxygen atoms in total. The molecule has 0 heterocycles. The second kappa shape index (κ2) is 7.32. The highest BCUT2D eigenvalue weighted by atomic mass is 16.3. The van der Waals surface area contributed by atoms with Crippen LogP contribution in [0.5, 0.6) is 0 Å². The number of unbranched alkanes of at least 4 members (excludes halogenated alkanes) is 2. The van der Waals surface area contributed by atoms with Crippen molar-refractivity contribution in [2.45, 2.75) is 39.0 Å². The van der Waals surface area contributed by atoms with Gasteiger partial charge < -0.3 is 9.90 Å². The van der Waals surface area contributed by atoms with Gasteiger partial charge in [0.25, 0.3) is 0 Å². The minimum absolute atomic E-state index is 0.331. The SMILES string of the molecule is CCCCCC(O)=CCC=O. The van der Waals surface area contributed by atoms with E-state index in [0.29, 0.717) is 18.6 Å². The Hall–Kier alpha value is -0.790. The second-order valence-electron chi connectivity index (χ2n) is 2.55. The van der Waals surface area contributed by atoms with E-state index in [1.807, 2.05) is 0 Å². The lowest BCUT2D eigenvalue weighted by Gasteiger charge is -1.96. The number of allylic oxidation sites excluding steroid dienone is 2. The van der Waals surface area contributed by atoms with Crippen LogP contribution in [0.15, 0.2) is 11.8 Å². The average molecular weight is 156 g/mol. The predicted octanol–water partition coefficient (Wildman–Crippen LogP) is 2.60. The number of carbonyl (C=O) groups is 1. The fourth-order valence-electron chi connectivity index (χ4n) is 0.842. The number of rotatable bonds is 6. The van der Waals surface area contributed by atoms with Crippen molar-refractivity contribution in [1.82, 2.24) is 0 Å². The number of hydrogen-bond acceptors (Lipinski definition) is 2. The van der Waals surface area contributed by atoms with Crippen molar-refractivity contribution in [3.8, 4) is 0 Å². The van der Waals surface area contributed by atoms with Crippen molar-refractivity contribution >= 4 is 6.29 Å². The van der Waals surface area contributed by atoms with E-state index >= 15 is 0 Å². The molecule has 0 rings (SSSR count). The van der Waals surface area contributed by atoms with Crippen molar-refractivity contribution in [1.29, 1.82) is 0 Å². The van der Waals surface area contributed by atoms with Gasteiger partial charge in [0, 0.05) is 12.8 Å². The number of aldehydes is 1. The summed E-state index contributed by atoms with van der Waals surface area (Å²) >= 11 is 0. The van der Waals surface area contributed by atoms with Crippen LogP contribution in [0.3, 0.4) is 0 Å². The Labute approximate surface area is 67.9 Å². The van der Waals surface area contributed by atoms with Crippen LogP contribution in [0.2, 0.25) is 0 Å². The molecule has 0 aromatic carbocycles. The van der Waals surface area contributed by atoms with Crippen LogP contribution in [-0.2, 0) is 4.79 Å². The molecule has 0 radical (unpaired) electrons. The second-order valence-corrected chi connectivity index (χ2v) is 2.55. The third-order valence-corrected chi connectivity index (χ3v) is 1.49. The van der Waals surface area contributed by atoms with Crippen molar-refractivity contribution in [3.05, 3.63) is 11.8 Å². The van der Waals surface area contributed by atoms with E-state index < -0.39 is 0 Å². The summed E-state index contributed by atoms with van der Waals surface area (Å²) < 4.78 is 0. The van der Waals surface area contributed by atoms with E-state index in [2.05, 4.69) is 6.92 Å². The van der Waals surface area contributed by atoms with Gasteiger partial charge in [-0.3, -0.25) is 0 Å². The van der Waals surface area contributed by atoms with E-state index in [1.165, 1.54) is 0 Å².